The molecule has 0 radical (unpaired) electrons. The van der Waals surface area contributed by atoms with E-state index in [1.165, 1.54) is 11.3 Å². The Morgan fingerprint density at radius 3 is 2.73 bits per heavy atom. The maximum atomic E-state index is 12.4. The number of carbonyl (C=O) groups is 1. The average molecular weight is 383 g/mol. The number of hydrogen-bond donors (Lipinski definition) is 1. The van der Waals surface area contributed by atoms with Crippen LogP contribution in [0.2, 0.25) is 0 Å². The minimum Gasteiger partial charge on any atom is -0.454 e. The van der Waals surface area contributed by atoms with E-state index in [4.69, 9.17) is 9.47 Å². The number of fused-ring (bicyclic) bond motifs is 4. The van der Waals surface area contributed by atoms with Gasteiger partial charge in [-0.1, -0.05) is 17.4 Å². The Kier molecular flexibility index (Phi) is 3.54. The van der Waals surface area contributed by atoms with Gasteiger partial charge in [-0.25, -0.2) is 9.97 Å². The highest BCUT2D eigenvalue weighted by Gasteiger charge is 2.16. The third kappa shape index (κ3) is 2.67. The van der Waals surface area contributed by atoms with Crippen molar-refractivity contribution in [3.8, 4) is 11.5 Å². The van der Waals surface area contributed by atoms with E-state index in [0.29, 0.717) is 16.6 Å². The maximum absolute atomic E-state index is 12.4. The van der Waals surface area contributed by atoms with Gasteiger partial charge in [-0.2, -0.15) is 0 Å². The lowest BCUT2D eigenvalue weighted by atomic mass is 10.1. The summed E-state index contributed by atoms with van der Waals surface area (Å²) < 4.78 is 12.8. The number of aromatic nitrogens is 2. The topological polar surface area (TPSA) is 73.3 Å². The zero-order chi connectivity index (χ0) is 17.7. The normalized spacial score (nSPS) is 12.8. The Morgan fingerprint density at radius 2 is 1.85 bits per heavy atom. The van der Waals surface area contributed by atoms with Gasteiger partial charge in [-0.15, -0.1) is 11.3 Å². The van der Waals surface area contributed by atoms with Crippen LogP contribution >= 0.6 is 22.7 Å². The van der Waals surface area contributed by atoms with Crippen molar-refractivity contribution in [1.29, 1.82) is 0 Å². The smallest absolute Gasteiger partial charge is 0.231 e. The molecule has 1 amide bonds. The first-order valence-corrected chi connectivity index (χ1v) is 9.64. The number of ether oxygens (including phenoxy) is 2. The Bertz CT molecular complexity index is 1170. The lowest BCUT2D eigenvalue weighted by Gasteiger charge is -2.03. The van der Waals surface area contributed by atoms with Crippen LogP contribution in [-0.2, 0) is 11.2 Å². The number of carbonyl (C=O) groups excluding carboxylic acids is 1. The lowest BCUT2D eigenvalue weighted by Crippen LogP contribution is -2.14. The van der Waals surface area contributed by atoms with Crippen LogP contribution in [0.15, 0.2) is 30.3 Å². The average Bonchev–Trinajstić information content (AvgIpc) is 3.30. The number of benzene rings is 2. The minimum absolute atomic E-state index is 0.111. The highest BCUT2D eigenvalue weighted by atomic mass is 32.1. The van der Waals surface area contributed by atoms with Crippen LogP contribution in [0.25, 0.3) is 20.4 Å². The summed E-state index contributed by atoms with van der Waals surface area (Å²) in [6, 6.07) is 9.45. The van der Waals surface area contributed by atoms with Gasteiger partial charge >= 0.3 is 0 Å². The van der Waals surface area contributed by atoms with Crippen molar-refractivity contribution in [2.75, 3.05) is 12.1 Å². The Balaban J connectivity index is 1.38. The molecule has 0 saturated carbocycles. The summed E-state index contributed by atoms with van der Waals surface area (Å²) in [6.45, 7) is 2.22. The molecule has 6 nitrogen and oxygen atoms in total. The molecule has 8 heteroatoms. The van der Waals surface area contributed by atoms with Gasteiger partial charge in [0.25, 0.3) is 0 Å². The molecule has 0 atom stereocenters. The fraction of sp³-hybridized carbons (Fsp3) is 0.167. The van der Waals surface area contributed by atoms with Crippen LogP contribution in [0.1, 0.15) is 10.6 Å². The third-order valence-electron chi connectivity index (χ3n) is 4.07. The predicted octanol–water partition coefficient (Wildman–Crippen LogP) is 4.12. The van der Waals surface area contributed by atoms with Crippen molar-refractivity contribution in [3.05, 3.63) is 40.9 Å². The van der Waals surface area contributed by atoms with Gasteiger partial charge in [0.05, 0.1) is 31.9 Å². The SMILES string of the molecule is Cc1nc2ccc3nc(NC(=O)Cc4ccc5c(c4)OCO5)sc3c2s1. The zero-order valence-corrected chi connectivity index (χ0v) is 15.4. The monoisotopic (exact) mass is 383 g/mol. The molecule has 0 bridgehead atoms. The van der Waals surface area contributed by atoms with E-state index in [1.54, 1.807) is 11.3 Å². The standard InChI is InChI=1S/C18H13N3O3S2/c1-9-19-11-3-4-12-17(16(11)25-9)26-18(20-12)21-15(22)7-10-2-5-13-14(6-10)24-8-23-13/h2-6H,7-8H2,1H3,(H,20,21,22). The first-order chi connectivity index (χ1) is 12.7. The molecule has 0 saturated heterocycles. The molecule has 1 aliphatic rings. The summed E-state index contributed by atoms with van der Waals surface area (Å²) in [6.07, 6.45) is 0.252. The Labute approximate surface area is 156 Å². The van der Waals surface area contributed by atoms with E-state index in [9.17, 15) is 4.79 Å². The zero-order valence-electron chi connectivity index (χ0n) is 13.7. The molecule has 4 aromatic rings. The fourth-order valence-corrected chi connectivity index (χ4v) is 4.96. The Hall–Kier alpha value is -2.71. The third-order valence-corrected chi connectivity index (χ3v) is 6.20. The van der Waals surface area contributed by atoms with Crippen LogP contribution in [0.4, 0.5) is 5.13 Å². The second-order valence-corrected chi connectivity index (χ2v) is 8.13. The summed E-state index contributed by atoms with van der Waals surface area (Å²) in [5.74, 6) is 1.28. The molecule has 2 aromatic carbocycles. The van der Waals surface area contributed by atoms with E-state index in [1.807, 2.05) is 37.3 Å². The summed E-state index contributed by atoms with van der Waals surface area (Å²) >= 11 is 3.13. The molecule has 1 aliphatic heterocycles. The molecule has 1 N–H and O–H groups in total. The predicted molar refractivity (Wildman–Crippen MR) is 102 cm³/mol. The summed E-state index contributed by atoms with van der Waals surface area (Å²) in [7, 11) is 0. The van der Waals surface area contributed by atoms with Crippen LogP contribution in [0.5, 0.6) is 11.5 Å². The number of nitrogens with one attached hydrogen (secondary N) is 1. The highest BCUT2D eigenvalue weighted by molar-refractivity contribution is 7.28. The van der Waals surface area contributed by atoms with Crippen molar-refractivity contribution in [1.82, 2.24) is 9.97 Å². The molecule has 3 heterocycles. The van der Waals surface area contributed by atoms with E-state index in [-0.39, 0.29) is 19.1 Å². The first kappa shape index (κ1) is 15.5. The van der Waals surface area contributed by atoms with Gasteiger partial charge in [-0.3, -0.25) is 4.79 Å². The van der Waals surface area contributed by atoms with E-state index in [2.05, 4.69) is 15.3 Å². The fourth-order valence-electron chi connectivity index (χ4n) is 2.94. The van der Waals surface area contributed by atoms with Crippen LogP contribution in [0, 0.1) is 6.92 Å². The molecular formula is C18H13N3O3S2. The van der Waals surface area contributed by atoms with E-state index in [0.717, 1.165) is 31.0 Å². The number of hydrogen-bond acceptors (Lipinski definition) is 7. The molecule has 5 rings (SSSR count). The molecule has 2 aromatic heterocycles. The number of amides is 1. The van der Waals surface area contributed by atoms with Gasteiger partial charge in [-0.05, 0) is 36.8 Å². The quantitative estimate of drug-likeness (QED) is 0.576. The molecule has 26 heavy (non-hydrogen) atoms. The van der Waals surface area contributed by atoms with Crippen molar-refractivity contribution < 1.29 is 14.3 Å². The Morgan fingerprint density at radius 1 is 1.08 bits per heavy atom. The number of thiazole rings is 2. The van der Waals surface area contributed by atoms with E-state index < -0.39 is 0 Å². The van der Waals surface area contributed by atoms with Gasteiger partial charge in [0, 0.05) is 0 Å². The number of rotatable bonds is 3. The van der Waals surface area contributed by atoms with Gasteiger partial charge in [0.15, 0.2) is 16.6 Å². The number of aryl methyl sites for hydroxylation is 1. The first-order valence-electron chi connectivity index (χ1n) is 8.01. The maximum Gasteiger partial charge on any atom is 0.231 e. The number of nitrogens with zero attached hydrogens (tertiary/aromatic N) is 2. The molecule has 130 valence electrons. The second kappa shape index (κ2) is 5.93. The molecular weight excluding hydrogens is 370 g/mol. The van der Waals surface area contributed by atoms with Crippen molar-refractivity contribution in [2.24, 2.45) is 0 Å². The van der Waals surface area contributed by atoms with Gasteiger partial charge in [0.2, 0.25) is 12.7 Å². The van der Waals surface area contributed by atoms with Crippen LogP contribution in [-0.4, -0.2) is 22.7 Å². The summed E-state index contributed by atoms with van der Waals surface area (Å²) in [5, 5.41) is 4.52. The molecule has 0 aliphatic carbocycles. The van der Waals surface area contributed by atoms with Crippen molar-refractivity contribution in [2.45, 2.75) is 13.3 Å². The minimum atomic E-state index is -0.111. The summed E-state index contributed by atoms with van der Waals surface area (Å²) in [4.78, 5) is 21.4. The van der Waals surface area contributed by atoms with Crippen LogP contribution < -0.4 is 14.8 Å². The lowest BCUT2D eigenvalue weighted by molar-refractivity contribution is -0.115. The molecule has 0 fully saturated rings. The van der Waals surface area contributed by atoms with E-state index >= 15 is 0 Å². The van der Waals surface area contributed by atoms with Crippen molar-refractivity contribution in [3.63, 3.8) is 0 Å². The highest BCUT2D eigenvalue weighted by Crippen LogP contribution is 2.36. The largest absolute Gasteiger partial charge is 0.454 e. The summed E-state index contributed by atoms with van der Waals surface area (Å²) in [5.41, 5.74) is 2.72. The molecule has 0 spiro atoms. The molecule has 0 unspecified atom stereocenters. The van der Waals surface area contributed by atoms with Gasteiger partial charge in [0.1, 0.15) is 0 Å². The van der Waals surface area contributed by atoms with Crippen LogP contribution in [0.3, 0.4) is 0 Å². The van der Waals surface area contributed by atoms with Gasteiger partial charge < -0.3 is 14.8 Å². The second-order valence-electron chi connectivity index (χ2n) is 5.93. The number of anilines is 1. The van der Waals surface area contributed by atoms with Crippen molar-refractivity contribution >= 4 is 54.1 Å².